The van der Waals surface area contributed by atoms with Gasteiger partial charge in [-0.3, -0.25) is 9.28 Å². The molecule has 0 spiro atoms. The predicted molar refractivity (Wildman–Crippen MR) is 93.7 cm³/mol. The van der Waals surface area contributed by atoms with E-state index in [0.717, 1.165) is 24.0 Å². The highest BCUT2D eigenvalue weighted by molar-refractivity contribution is 5.73. The Hall–Kier alpha value is -1.16. The van der Waals surface area contributed by atoms with Gasteiger partial charge in [0.1, 0.15) is 6.54 Å². The summed E-state index contributed by atoms with van der Waals surface area (Å²) in [6, 6.07) is 0. The minimum Gasteiger partial charge on any atom is -0.307 e. The SMILES string of the molecule is CCCCCC/C=C/CC1N=CC[N+]1(CC)C(C)NC(C)=O. The van der Waals surface area contributed by atoms with E-state index in [4.69, 9.17) is 0 Å². The summed E-state index contributed by atoms with van der Waals surface area (Å²) in [6.45, 7) is 10.0. The van der Waals surface area contributed by atoms with Gasteiger partial charge >= 0.3 is 0 Å². The number of quaternary nitrogens is 1. The first kappa shape index (κ1) is 18.9. The van der Waals surface area contributed by atoms with E-state index in [0.29, 0.717) is 0 Å². The van der Waals surface area contributed by atoms with Gasteiger partial charge in [-0.15, -0.1) is 0 Å². The zero-order chi connectivity index (χ0) is 16.4. The molecule has 22 heavy (non-hydrogen) atoms. The maximum atomic E-state index is 11.4. The summed E-state index contributed by atoms with van der Waals surface area (Å²) in [5.41, 5.74) is 0. The molecule has 3 unspecified atom stereocenters. The Morgan fingerprint density at radius 3 is 2.77 bits per heavy atom. The fraction of sp³-hybridized carbons (Fsp3) is 0.778. The third-order valence-electron chi connectivity index (χ3n) is 4.80. The molecular weight excluding hydrogens is 274 g/mol. The summed E-state index contributed by atoms with van der Waals surface area (Å²) in [4.78, 5) is 16.1. The van der Waals surface area contributed by atoms with Gasteiger partial charge in [0, 0.05) is 20.3 Å². The van der Waals surface area contributed by atoms with Crippen molar-refractivity contribution in [3.05, 3.63) is 12.2 Å². The lowest BCUT2D eigenvalue weighted by Gasteiger charge is -2.42. The van der Waals surface area contributed by atoms with Crippen LogP contribution < -0.4 is 5.32 Å². The molecule has 1 aliphatic rings. The topological polar surface area (TPSA) is 41.5 Å². The first-order chi connectivity index (χ1) is 10.6. The number of nitrogens with zero attached hydrogens (tertiary/aromatic N) is 2. The van der Waals surface area contributed by atoms with Crippen molar-refractivity contribution < 1.29 is 9.28 Å². The molecule has 0 aromatic rings. The second-order valence-corrected chi connectivity index (χ2v) is 6.35. The average molecular weight is 308 g/mol. The molecule has 0 aromatic carbocycles. The summed E-state index contributed by atoms with van der Waals surface area (Å²) in [5.74, 6) is 0.0376. The molecule has 4 heteroatoms. The Bertz CT molecular complexity index is 392. The van der Waals surface area contributed by atoms with Crippen LogP contribution in [-0.2, 0) is 4.79 Å². The van der Waals surface area contributed by atoms with E-state index in [1.807, 2.05) is 6.21 Å². The van der Waals surface area contributed by atoms with Crippen LogP contribution in [0.25, 0.3) is 0 Å². The smallest absolute Gasteiger partial charge is 0.221 e. The lowest BCUT2D eigenvalue weighted by Crippen LogP contribution is -2.63. The monoisotopic (exact) mass is 308 g/mol. The quantitative estimate of drug-likeness (QED) is 0.374. The van der Waals surface area contributed by atoms with Gasteiger partial charge in [-0.2, -0.15) is 0 Å². The molecule has 0 bridgehead atoms. The Balaban J connectivity index is 2.51. The van der Waals surface area contributed by atoms with E-state index in [1.165, 1.54) is 32.1 Å². The van der Waals surface area contributed by atoms with Crippen molar-refractivity contribution in [2.24, 2.45) is 4.99 Å². The molecule has 0 fully saturated rings. The zero-order valence-electron chi connectivity index (χ0n) is 14.8. The van der Waals surface area contributed by atoms with Gasteiger partial charge in [-0.05, 0) is 19.8 Å². The van der Waals surface area contributed by atoms with E-state index in [2.05, 4.69) is 43.2 Å². The molecule has 0 radical (unpaired) electrons. The molecule has 1 rings (SSSR count). The highest BCUT2D eigenvalue weighted by Crippen LogP contribution is 2.25. The number of carbonyl (C=O) groups excluding carboxylic acids is 1. The Labute approximate surface area is 136 Å². The van der Waals surface area contributed by atoms with E-state index >= 15 is 0 Å². The number of unbranched alkanes of at least 4 members (excludes halogenated alkanes) is 4. The van der Waals surface area contributed by atoms with Crippen molar-refractivity contribution in [1.82, 2.24) is 5.32 Å². The maximum Gasteiger partial charge on any atom is 0.221 e. The van der Waals surface area contributed by atoms with Crippen LogP contribution in [0.3, 0.4) is 0 Å². The van der Waals surface area contributed by atoms with Crippen LogP contribution in [0.15, 0.2) is 17.1 Å². The number of allylic oxidation sites excluding steroid dienone is 1. The van der Waals surface area contributed by atoms with Crippen LogP contribution >= 0.6 is 0 Å². The van der Waals surface area contributed by atoms with E-state index in [1.54, 1.807) is 6.92 Å². The van der Waals surface area contributed by atoms with E-state index in [-0.39, 0.29) is 18.2 Å². The fourth-order valence-corrected chi connectivity index (χ4v) is 3.32. The molecule has 1 aliphatic heterocycles. The minimum atomic E-state index is 0.0376. The van der Waals surface area contributed by atoms with Crippen LogP contribution in [-0.4, -0.2) is 42.0 Å². The number of rotatable bonds is 10. The molecule has 1 amide bonds. The number of hydrogen-bond acceptors (Lipinski definition) is 2. The minimum absolute atomic E-state index is 0.0376. The first-order valence-corrected chi connectivity index (χ1v) is 8.87. The van der Waals surface area contributed by atoms with Gasteiger partial charge in [-0.25, -0.2) is 4.99 Å². The van der Waals surface area contributed by atoms with Gasteiger partial charge in [0.25, 0.3) is 0 Å². The number of aliphatic imine (C=N–C) groups is 1. The Kier molecular flexibility index (Phi) is 8.39. The fourth-order valence-electron chi connectivity index (χ4n) is 3.32. The Morgan fingerprint density at radius 2 is 2.14 bits per heavy atom. The maximum absolute atomic E-state index is 11.4. The molecule has 0 saturated carbocycles. The van der Waals surface area contributed by atoms with Crippen molar-refractivity contribution in [3.63, 3.8) is 0 Å². The van der Waals surface area contributed by atoms with Gasteiger partial charge in [0.2, 0.25) is 5.91 Å². The van der Waals surface area contributed by atoms with Crippen molar-refractivity contribution in [3.8, 4) is 0 Å². The lowest BCUT2D eigenvalue weighted by molar-refractivity contribution is -0.958. The number of amides is 1. The normalized spacial score (nSPS) is 25.7. The van der Waals surface area contributed by atoms with Gasteiger partial charge < -0.3 is 5.32 Å². The molecule has 0 saturated heterocycles. The summed E-state index contributed by atoms with van der Waals surface area (Å²) in [6.07, 6.45) is 14.3. The molecular formula is C18H34N3O+. The molecule has 0 aliphatic carbocycles. The van der Waals surface area contributed by atoms with Crippen molar-refractivity contribution in [1.29, 1.82) is 0 Å². The largest absolute Gasteiger partial charge is 0.307 e. The van der Waals surface area contributed by atoms with E-state index in [9.17, 15) is 4.79 Å². The average Bonchev–Trinajstić information content (AvgIpc) is 2.90. The van der Waals surface area contributed by atoms with E-state index < -0.39 is 0 Å². The molecule has 3 atom stereocenters. The Morgan fingerprint density at radius 1 is 1.36 bits per heavy atom. The standard InChI is InChI=1S/C18H33N3O/c1-5-7-8-9-10-11-12-13-18-19-14-15-21(18,6-2)16(3)20-17(4)22/h11-12,14,16,18H,5-10,13,15H2,1-4H3/p+1/b12-11+. The number of carbonyl (C=O) groups is 1. The molecule has 0 aromatic heterocycles. The van der Waals surface area contributed by atoms with Crippen LogP contribution in [0, 0.1) is 0 Å². The highest BCUT2D eigenvalue weighted by Gasteiger charge is 2.42. The van der Waals surface area contributed by atoms with Gasteiger partial charge in [0.15, 0.2) is 12.3 Å². The summed E-state index contributed by atoms with van der Waals surface area (Å²) in [7, 11) is 0. The van der Waals surface area contributed by atoms with Crippen LogP contribution in [0.2, 0.25) is 0 Å². The number of nitrogens with one attached hydrogen (secondary N) is 1. The van der Waals surface area contributed by atoms with Crippen LogP contribution in [0.5, 0.6) is 0 Å². The van der Waals surface area contributed by atoms with Crippen molar-refractivity contribution >= 4 is 12.1 Å². The van der Waals surface area contributed by atoms with Gasteiger partial charge in [-0.1, -0.05) is 38.3 Å². The third-order valence-corrected chi connectivity index (χ3v) is 4.80. The van der Waals surface area contributed by atoms with Gasteiger partial charge in [0.05, 0.1) is 12.8 Å². The van der Waals surface area contributed by atoms with Crippen molar-refractivity contribution in [2.45, 2.75) is 78.6 Å². The predicted octanol–water partition coefficient (Wildman–Crippen LogP) is 3.63. The lowest BCUT2D eigenvalue weighted by atomic mass is 10.1. The highest BCUT2D eigenvalue weighted by atomic mass is 16.1. The second kappa shape index (κ2) is 9.78. The summed E-state index contributed by atoms with van der Waals surface area (Å²) in [5, 5.41) is 3.06. The molecule has 126 valence electrons. The molecule has 1 heterocycles. The number of hydrogen-bond donors (Lipinski definition) is 1. The summed E-state index contributed by atoms with van der Waals surface area (Å²) < 4.78 is 0.833. The zero-order valence-corrected chi connectivity index (χ0v) is 14.8. The third kappa shape index (κ3) is 5.24. The summed E-state index contributed by atoms with van der Waals surface area (Å²) >= 11 is 0. The molecule has 4 nitrogen and oxygen atoms in total. The van der Waals surface area contributed by atoms with Crippen LogP contribution in [0.1, 0.15) is 66.2 Å². The van der Waals surface area contributed by atoms with Crippen LogP contribution in [0.4, 0.5) is 0 Å². The van der Waals surface area contributed by atoms with Crippen molar-refractivity contribution in [2.75, 3.05) is 13.1 Å². The second-order valence-electron chi connectivity index (χ2n) is 6.35. The molecule has 1 N–H and O–H groups in total. The first-order valence-electron chi connectivity index (χ1n) is 8.87.